The van der Waals surface area contributed by atoms with E-state index >= 15 is 0 Å². The van der Waals surface area contributed by atoms with Crippen molar-refractivity contribution in [1.29, 1.82) is 0 Å². The number of rotatable bonds is 4. The van der Waals surface area contributed by atoms with E-state index in [1.807, 2.05) is 26.1 Å². The summed E-state index contributed by atoms with van der Waals surface area (Å²) in [7, 11) is 0. The molecule has 28 heavy (non-hydrogen) atoms. The van der Waals surface area contributed by atoms with Crippen LogP contribution in [-0.2, 0) is 0 Å². The third kappa shape index (κ3) is 3.40. The Morgan fingerprint density at radius 3 is 2.54 bits per heavy atom. The minimum Gasteiger partial charge on any atom is -0.386 e. The lowest BCUT2D eigenvalue weighted by Crippen LogP contribution is -2.60. The first-order valence-electron chi connectivity index (χ1n) is 9.67. The van der Waals surface area contributed by atoms with Crippen molar-refractivity contribution in [2.24, 2.45) is 0 Å². The normalized spacial score (nSPS) is 16.7. The molecule has 3 aromatic rings. The number of fused-ring (bicyclic) bond motifs is 1. The van der Waals surface area contributed by atoms with Crippen molar-refractivity contribution >= 4 is 22.4 Å². The van der Waals surface area contributed by atoms with Gasteiger partial charge in [0, 0.05) is 30.1 Å². The molecule has 6 nitrogen and oxygen atoms in total. The Kier molecular flexibility index (Phi) is 4.46. The van der Waals surface area contributed by atoms with Crippen LogP contribution in [0, 0.1) is 20.8 Å². The predicted molar refractivity (Wildman–Crippen MR) is 113 cm³/mol. The number of pyridine rings is 1. The van der Waals surface area contributed by atoms with Crippen LogP contribution >= 0.6 is 0 Å². The summed E-state index contributed by atoms with van der Waals surface area (Å²) in [5, 5.41) is 24.3. The summed E-state index contributed by atoms with van der Waals surface area (Å²) in [5.41, 5.74) is 3.98. The summed E-state index contributed by atoms with van der Waals surface area (Å²) in [6, 6.07) is 8.65. The predicted octanol–water partition coefficient (Wildman–Crippen LogP) is 3.69. The van der Waals surface area contributed by atoms with Gasteiger partial charge in [-0.1, -0.05) is 23.8 Å². The molecule has 6 heteroatoms. The summed E-state index contributed by atoms with van der Waals surface area (Å²) in [4.78, 5) is 6.65. The molecule has 0 unspecified atom stereocenters. The van der Waals surface area contributed by atoms with Crippen molar-refractivity contribution in [3.05, 3.63) is 52.8 Å². The molecule has 1 saturated heterocycles. The Morgan fingerprint density at radius 1 is 1.11 bits per heavy atom. The SMILES string of the molecule is Cc1ccc([C@@H](C)Nc2nnc(C)c3cnc(N4CC(C)(O)C4)cc23)c(C)c1. The van der Waals surface area contributed by atoms with Crippen molar-refractivity contribution in [3.63, 3.8) is 0 Å². The van der Waals surface area contributed by atoms with E-state index < -0.39 is 5.60 Å². The first-order chi connectivity index (χ1) is 13.2. The third-order valence-electron chi connectivity index (χ3n) is 5.47. The van der Waals surface area contributed by atoms with Crippen molar-refractivity contribution in [2.75, 3.05) is 23.3 Å². The summed E-state index contributed by atoms with van der Waals surface area (Å²) in [6.07, 6.45) is 1.86. The highest BCUT2D eigenvalue weighted by atomic mass is 16.3. The lowest BCUT2D eigenvalue weighted by Gasteiger charge is -2.45. The second kappa shape index (κ2) is 6.71. The average molecular weight is 377 g/mol. The number of aliphatic hydroxyl groups is 1. The van der Waals surface area contributed by atoms with Crippen molar-refractivity contribution < 1.29 is 5.11 Å². The Bertz CT molecular complexity index is 1040. The van der Waals surface area contributed by atoms with E-state index in [0.29, 0.717) is 13.1 Å². The number of hydrogen-bond acceptors (Lipinski definition) is 6. The van der Waals surface area contributed by atoms with Gasteiger partial charge in [0.25, 0.3) is 0 Å². The molecule has 0 saturated carbocycles. The summed E-state index contributed by atoms with van der Waals surface area (Å²) >= 11 is 0. The zero-order valence-corrected chi connectivity index (χ0v) is 17.1. The smallest absolute Gasteiger partial charge is 0.157 e. The highest BCUT2D eigenvalue weighted by Gasteiger charge is 2.37. The number of aromatic nitrogens is 3. The van der Waals surface area contributed by atoms with Crippen molar-refractivity contribution in [1.82, 2.24) is 15.2 Å². The molecule has 2 aromatic heterocycles. The fourth-order valence-corrected chi connectivity index (χ4v) is 3.97. The molecule has 146 valence electrons. The number of aryl methyl sites for hydroxylation is 3. The Balaban J connectivity index is 1.69. The van der Waals surface area contributed by atoms with Gasteiger partial charge in [0.15, 0.2) is 5.82 Å². The standard InChI is InChI=1S/C22H27N5O/c1-13-6-7-17(14(2)8-13)15(3)24-21-18-9-20(27-11-22(5,28)12-27)23-10-19(18)16(4)25-26-21/h6-10,15,28H,11-12H2,1-5H3,(H,24,26)/t15-/m1/s1. The fraction of sp³-hybridized carbons (Fsp3) is 0.409. The number of anilines is 2. The molecule has 0 radical (unpaired) electrons. The summed E-state index contributed by atoms with van der Waals surface area (Å²) < 4.78 is 0. The first-order valence-corrected chi connectivity index (χ1v) is 9.67. The van der Waals surface area contributed by atoms with E-state index in [4.69, 9.17) is 0 Å². The van der Waals surface area contributed by atoms with Crippen LogP contribution in [0.5, 0.6) is 0 Å². The molecule has 2 N–H and O–H groups in total. The highest BCUT2D eigenvalue weighted by Crippen LogP contribution is 2.32. The molecular weight excluding hydrogens is 350 g/mol. The molecule has 1 fully saturated rings. The van der Waals surface area contributed by atoms with Gasteiger partial charge in [0.05, 0.1) is 17.3 Å². The third-order valence-corrected chi connectivity index (χ3v) is 5.47. The quantitative estimate of drug-likeness (QED) is 0.722. The van der Waals surface area contributed by atoms with Crippen LogP contribution in [0.25, 0.3) is 10.8 Å². The number of nitrogens with one attached hydrogen (secondary N) is 1. The van der Waals surface area contributed by atoms with Gasteiger partial charge < -0.3 is 15.3 Å². The molecule has 0 bridgehead atoms. The van der Waals surface area contributed by atoms with Gasteiger partial charge in [-0.3, -0.25) is 0 Å². The van der Waals surface area contributed by atoms with E-state index in [9.17, 15) is 5.11 Å². The lowest BCUT2D eigenvalue weighted by molar-refractivity contribution is 0.0305. The van der Waals surface area contributed by atoms with Gasteiger partial charge in [-0.05, 0) is 51.8 Å². The monoisotopic (exact) mass is 377 g/mol. The molecule has 1 atom stereocenters. The van der Waals surface area contributed by atoms with Crippen LogP contribution in [0.4, 0.5) is 11.6 Å². The Hall–Kier alpha value is -2.73. The van der Waals surface area contributed by atoms with Gasteiger partial charge in [-0.15, -0.1) is 5.10 Å². The molecule has 4 rings (SSSR count). The van der Waals surface area contributed by atoms with Crippen LogP contribution in [0.1, 0.15) is 42.3 Å². The Labute approximate surface area is 165 Å². The zero-order valence-electron chi connectivity index (χ0n) is 17.1. The highest BCUT2D eigenvalue weighted by molar-refractivity contribution is 5.94. The number of nitrogens with zero attached hydrogens (tertiary/aromatic N) is 4. The van der Waals surface area contributed by atoms with Gasteiger partial charge in [0.2, 0.25) is 0 Å². The van der Waals surface area contributed by atoms with E-state index in [1.54, 1.807) is 0 Å². The van der Waals surface area contributed by atoms with Crippen LogP contribution in [0.15, 0.2) is 30.5 Å². The van der Waals surface area contributed by atoms with Gasteiger partial charge in [-0.25, -0.2) is 4.98 Å². The van der Waals surface area contributed by atoms with Crippen LogP contribution < -0.4 is 10.2 Å². The maximum Gasteiger partial charge on any atom is 0.157 e. The molecule has 1 aliphatic heterocycles. The maximum atomic E-state index is 10.0. The van der Waals surface area contributed by atoms with E-state index in [0.717, 1.165) is 28.1 Å². The molecule has 0 spiro atoms. The van der Waals surface area contributed by atoms with Crippen LogP contribution in [0.3, 0.4) is 0 Å². The molecule has 1 aliphatic rings. The number of β-amino-alcohol motifs (C(OH)–C–C–N with tert-alkyl or cyclic N) is 1. The molecular formula is C22H27N5O. The largest absolute Gasteiger partial charge is 0.386 e. The average Bonchev–Trinajstić information content (AvgIpc) is 2.61. The van der Waals surface area contributed by atoms with Gasteiger partial charge >= 0.3 is 0 Å². The zero-order chi connectivity index (χ0) is 20.1. The fourth-order valence-electron chi connectivity index (χ4n) is 3.97. The molecule has 1 aromatic carbocycles. The van der Waals surface area contributed by atoms with E-state index in [1.165, 1.54) is 16.7 Å². The molecule has 3 heterocycles. The van der Waals surface area contributed by atoms with E-state index in [-0.39, 0.29) is 6.04 Å². The van der Waals surface area contributed by atoms with Gasteiger partial charge in [-0.2, -0.15) is 5.10 Å². The number of hydrogen-bond donors (Lipinski definition) is 2. The minimum absolute atomic E-state index is 0.0992. The topological polar surface area (TPSA) is 74.2 Å². The second-order valence-electron chi connectivity index (χ2n) is 8.30. The Morgan fingerprint density at radius 2 is 1.86 bits per heavy atom. The van der Waals surface area contributed by atoms with E-state index in [2.05, 4.69) is 64.4 Å². The summed E-state index contributed by atoms with van der Waals surface area (Å²) in [6.45, 7) is 11.4. The minimum atomic E-state index is -0.637. The lowest BCUT2D eigenvalue weighted by atomic mass is 9.97. The van der Waals surface area contributed by atoms with Crippen LogP contribution in [0.2, 0.25) is 0 Å². The number of benzene rings is 1. The van der Waals surface area contributed by atoms with Gasteiger partial charge in [0.1, 0.15) is 5.82 Å². The first kappa shape index (κ1) is 18.6. The maximum absolute atomic E-state index is 10.0. The molecule has 0 amide bonds. The van der Waals surface area contributed by atoms with Crippen molar-refractivity contribution in [3.8, 4) is 0 Å². The van der Waals surface area contributed by atoms with Crippen LogP contribution in [-0.4, -0.2) is 39.0 Å². The second-order valence-corrected chi connectivity index (χ2v) is 8.30. The summed E-state index contributed by atoms with van der Waals surface area (Å²) in [5.74, 6) is 1.61. The van der Waals surface area contributed by atoms with Crippen molar-refractivity contribution in [2.45, 2.75) is 46.3 Å². The molecule has 0 aliphatic carbocycles.